The molecule has 1 heterocycles. The van der Waals surface area contributed by atoms with E-state index in [0.29, 0.717) is 24.5 Å². The van der Waals surface area contributed by atoms with E-state index in [9.17, 15) is 5.26 Å². The van der Waals surface area contributed by atoms with E-state index in [1.807, 2.05) is 30.3 Å². The van der Waals surface area contributed by atoms with Crippen molar-refractivity contribution in [2.24, 2.45) is 0 Å². The van der Waals surface area contributed by atoms with Gasteiger partial charge in [-0.05, 0) is 23.8 Å². The predicted molar refractivity (Wildman–Crippen MR) is 90.4 cm³/mol. The molecule has 24 heavy (non-hydrogen) atoms. The fourth-order valence-corrected chi connectivity index (χ4v) is 2.96. The normalized spacial score (nSPS) is 15.8. The number of methoxy groups -OCH3 is 2. The summed E-state index contributed by atoms with van der Waals surface area (Å²) in [7, 11) is 3.22. The first kappa shape index (κ1) is 16.2. The van der Waals surface area contributed by atoms with Crippen LogP contribution >= 0.6 is 0 Å². The van der Waals surface area contributed by atoms with Crippen LogP contribution in [0.1, 0.15) is 29.2 Å². The molecule has 0 bridgehead atoms. The van der Waals surface area contributed by atoms with Crippen molar-refractivity contribution in [3.63, 3.8) is 0 Å². The SMILES string of the molecule is COc1ccc(CNC2CCOc3c(OC)cccc32)cc1C#N. The molecule has 0 amide bonds. The summed E-state index contributed by atoms with van der Waals surface area (Å²) in [5.41, 5.74) is 2.70. The van der Waals surface area contributed by atoms with Gasteiger partial charge in [-0.1, -0.05) is 18.2 Å². The van der Waals surface area contributed by atoms with Crippen LogP contribution in [0.15, 0.2) is 36.4 Å². The molecule has 5 nitrogen and oxygen atoms in total. The van der Waals surface area contributed by atoms with Crippen LogP contribution in [0.25, 0.3) is 0 Å². The van der Waals surface area contributed by atoms with Gasteiger partial charge in [0.15, 0.2) is 11.5 Å². The van der Waals surface area contributed by atoms with Crippen molar-refractivity contribution in [2.75, 3.05) is 20.8 Å². The molecule has 1 aliphatic rings. The fraction of sp³-hybridized carbons (Fsp3) is 0.316. The number of rotatable bonds is 5. The highest BCUT2D eigenvalue weighted by Gasteiger charge is 2.23. The topological polar surface area (TPSA) is 63.5 Å². The Balaban J connectivity index is 1.76. The summed E-state index contributed by atoms with van der Waals surface area (Å²) < 4.78 is 16.3. The molecule has 1 N–H and O–H groups in total. The Kier molecular flexibility index (Phi) is 4.88. The number of nitrogens with zero attached hydrogens (tertiary/aromatic N) is 1. The van der Waals surface area contributed by atoms with Crippen LogP contribution < -0.4 is 19.5 Å². The molecule has 0 fully saturated rings. The zero-order valence-electron chi connectivity index (χ0n) is 13.8. The molecule has 1 atom stereocenters. The second-order valence-electron chi connectivity index (χ2n) is 5.60. The highest BCUT2D eigenvalue weighted by atomic mass is 16.5. The summed E-state index contributed by atoms with van der Waals surface area (Å²) in [6, 6.07) is 14.0. The molecule has 0 aliphatic carbocycles. The lowest BCUT2D eigenvalue weighted by molar-refractivity contribution is 0.239. The maximum atomic E-state index is 9.20. The Morgan fingerprint density at radius 2 is 2.04 bits per heavy atom. The molecule has 1 unspecified atom stereocenters. The van der Waals surface area contributed by atoms with Crippen molar-refractivity contribution < 1.29 is 14.2 Å². The molecular formula is C19H20N2O3. The van der Waals surface area contributed by atoms with E-state index in [1.165, 1.54) is 0 Å². The van der Waals surface area contributed by atoms with Crippen LogP contribution in [-0.2, 0) is 6.54 Å². The average Bonchev–Trinajstić information content (AvgIpc) is 2.65. The van der Waals surface area contributed by atoms with Crippen LogP contribution in [-0.4, -0.2) is 20.8 Å². The number of hydrogen-bond donors (Lipinski definition) is 1. The standard InChI is InChI=1S/C19H20N2O3/c1-22-17-7-6-13(10-14(17)11-20)12-21-16-8-9-24-19-15(16)4-3-5-18(19)23-2/h3-7,10,16,21H,8-9,12H2,1-2H3. The summed E-state index contributed by atoms with van der Waals surface area (Å²) in [5.74, 6) is 2.17. The van der Waals surface area contributed by atoms with Gasteiger partial charge in [0.25, 0.3) is 0 Å². The first-order valence-electron chi connectivity index (χ1n) is 7.87. The van der Waals surface area contributed by atoms with E-state index in [-0.39, 0.29) is 6.04 Å². The summed E-state index contributed by atoms with van der Waals surface area (Å²) in [6.07, 6.45) is 0.890. The molecule has 124 valence electrons. The Morgan fingerprint density at radius 3 is 2.79 bits per heavy atom. The van der Waals surface area contributed by atoms with Crippen LogP contribution in [0.3, 0.4) is 0 Å². The molecule has 0 aromatic heterocycles. The summed E-state index contributed by atoms with van der Waals surface area (Å²) in [6.45, 7) is 1.32. The lowest BCUT2D eigenvalue weighted by Crippen LogP contribution is -2.27. The van der Waals surface area contributed by atoms with Gasteiger partial charge in [-0.3, -0.25) is 0 Å². The Labute approximate surface area is 141 Å². The number of nitriles is 1. The van der Waals surface area contributed by atoms with Gasteiger partial charge in [-0.2, -0.15) is 5.26 Å². The van der Waals surface area contributed by atoms with Crippen molar-refractivity contribution in [1.29, 1.82) is 5.26 Å². The summed E-state index contributed by atoms with van der Waals surface area (Å²) in [5, 5.41) is 12.7. The van der Waals surface area contributed by atoms with Gasteiger partial charge in [-0.25, -0.2) is 0 Å². The van der Waals surface area contributed by atoms with Crippen molar-refractivity contribution in [1.82, 2.24) is 5.32 Å². The smallest absolute Gasteiger partial charge is 0.165 e. The van der Waals surface area contributed by atoms with E-state index in [4.69, 9.17) is 14.2 Å². The van der Waals surface area contributed by atoms with Crippen LogP contribution in [0.2, 0.25) is 0 Å². The molecule has 3 rings (SSSR count). The summed E-state index contributed by atoms with van der Waals surface area (Å²) >= 11 is 0. The third-order valence-corrected chi connectivity index (χ3v) is 4.19. The van der Waals surface area contributed by atoms with Gasteiger partial charge in [0.2, 0.25) is 0 Å². The largest absolute Gasteiger partial charge is 0.495 e. The number of ether oxygens (including phenoxy) is 3. The Bertz CT molecular complexity index is 768. The summed E-state index contributed by atoms with van der Waals surface area (Å²) in [4.78, 5) is 0. The number of hydrogen-bond acceptors (Lipinski definition) is 5. The van der Waals surface area contributed by atoms with Gasteiger partial charge in [-0.15, -0.1) is 0 Å². The number of fused-ring (bicyclic) bond motifs is 1. The first-order chi connectivity index (χ1) is 11.8. The molecule has 5 heteroatoms. The van der Waals surface area contributed by atoms with Crippen LogP contribution in [0.5, 0.6) is 17.2 Å². The van der Waals surface area contributed by atoms with Crippen molar-refractivity contribution in [3.05, 3.63) is 53.1 Å². The third-order valence-electron chi connectivity index (χ3n) is 4.19. The van der Waals surface area contributed by atoms with E-state index >= 15 is 0 Å². The minimum absolute atomic E-state index is 0.191. The molecule has 1 aliphatic heterocycles. The van der Waals surface area contributed by atoms with Gasteiger partial charge >= 0.3 is 0 Å². The molecule has 0 spiro atoms. The minimum Gasteiger partial charge on any atom is -0.495 e. The molecule has 0 radical (unpaired) electrons. The fourth-order valence-electron chi connectivity index (χ4n) is 2.96. The first-order valence-corrected chi connectivity index (χ1v) is 7.87. The van der Waals surface area contributed by atoms with Gasteiger partial charge in [0.05, 0.1) is 26.4 Å². The number of benzene rings is 2. The molecular weight excluding hydrogens is 304 g/mol. The number of nitrogens with one attached hydrogen (secondary N) is 1. The van der Waals surface area contributed by atoms with Gasteiger partial charge in [0.1, 0.15) is 11.8 Å². The monoisotopic (exact) mass is 324 g/mol. The molecule has 2 aromatic carbocycles. The van der Waals surface area contributed by atoms with E-state index in [2.05, 4.69) is 17.5 Å². The molecule has 0 saturated carbocycles. The van der Waals surface area contributed by atoms with Crippen LogP contribution in [0.4, 0.5) is 0 Å². The van der Waals surface area contributed by atoms with Crippen molar-refractivity contribution in [2.45, 2.75) is 19.0 Å². The van der Waals surface area contributed by atoms with E-state index in [1.54, 1.807) is 14.2 Å². The quantitative estimate of drug-likeness (QED) is 0.915. The van der Waals surface area contributed by atoms with Crippen molar-refractivity contribution in [3.8, 4) is 23.3 Å². The highest BCUT2D eigenvalue weighted by molar-refractivity contribution is 5.49. The second kappa shape index (κ2) is 7.24. The van der Waals surface area contributed by atoms with E-state index < -0.39 is 0 Å². The minimum atomic E-state index is 0.191. The number of para-hydroxylation sites is 1. The molecule has 2 aromatic rings. The van der Waals surface area contributed by atoms with Crippen molar-refractivity contribution >= 4 is 0 Å². The lowest BCUT2D eigenvalue weighted by Gasteiger charge is -2.28. The van der Waals surface area contributed by atoms with Gasteiger partial charge in [0, 0.05) is 24.6 Å². The maximum absolute atomic E-state index is 9.20. The zero-order chi connectivity index (χ0) is 16.9. The maximum Gasteiger partial charge on any atom is 0.165 e. The average molecular weight is 324 g/mol. The Hall–Kier alpha value is -2.71. The van der Waals surface area contributed by atoms with Gasteiger partial charge < -0.3 is 19.5 Å². The Morgan fingerprint density at radius 1 is 1.21 bits per heavy atom. The second-order valence-corrected chi connectivity index (χ2v) is 5.60. The van der Waals surface area contributed by atoms with E-state index in [0.717, 1.165) is 29.0 Å². The third kappa shape index (κ3) is 3.15. The lowest BCUT2D eigenvalue weighted by atomic mass is 9.99. The van der Waals surface area contributed by atoms with Crippen LogP contribution in [0, 0.1) is 11.3 Å². The highest BCUT2D eigenvalue weighted by Crippen LogP contribution is 2.39. The zero-order valence-corrected chi connectivity index (χ0v) is 13.8. The predicted octanol–water partition coefficient (Wildman–Crippen LogP) is 3.19. The molecule has 0 saturated heterocycles.